The highest BCUT2D eigenvalue weighted by atomic mass is 16.2. The molecule has 27 heavy (non-hydrogen) atoms. The first kappa shape index (κ1) is 18.9. The zero-order chi connectivity index (χ0) is 19.1. The summed E-state index contributed by atoms with van der Waals surface area (Å²) in [7, 11) is 0. The molecule has 1 aromatic carbocycles. The Morgan fingerprint density at radius 1 is 0.889 bits per heavy atom. The van der Waals surface area contributed by atoms with E-state index < -0.39 is 0 Å². The molecule has 0 bridgehead atoms. The molecule has 142 valence electrons. The molecular weight excluding hydrogens is 340 g/mol. The molecule has 0 radical (unpaired) electrons. The standard InChI is InChI=1S/C21H26N4O2/c1-15(26)23-17-8-10-18(11-9-17)25-21(27)20-14-19(12-13-22-20)24-16-6-4-2-3-5-7-16/h8-14,16H,2-7H2,1H3,(H,22,24)(H,23,26)(H,25,27). The van der Waals surface area contributed by atoms with Crippen LogP contribution in [0.2, 0.25) is 0 Å². The van der Waals surface area contributed by atoms with Gasteiger partial charge in [0.05, 0.1) is 0 Å². The van der Waals surface area contributed by atoms with Gasteiger partial charge in [-0.25, -0.2) is 0 Å². The first-order valence-corrected chi connectivity index (χ1v) is 9.52. The molecule has 1 aliphatic rings. The molecule has 0 saturated heterocycles. The predicted octanol–water partition coefficient (Wildman–Crippen LogP) is 4.43. The molecule has 1 fully saturated rings. The van der Waals surface area contributed by atoms with Gasteiger partial charge >= 0.3 is 0 Å². The van der Waals surface area contributed by atoms with Crippen molar-refractivity contribution in [3.05, 3.63) is 48.3 Å². The lowest BCUT2D eigenvalue weighted by Crippen LogP contribution is -2.19. The topological polar surface area (TPSA) is 83.1 Å². The minimum atomic E-state index is -0.258. The van der Waals surface area contributed by atoms with Crippen molar-refractivity contribution in [2.24, 2.45) is 0 Å². The second kappa shape index (κ2) is 9.16. The number of nitrogens with one attached hydrogen (secondary N) is 3. The van der Waals surface area contributed by atoms with Gasteiger partial charge in [0.1, 0.15) is 5.69 Å². The van der Waals surface area contributed by atoms with Crippen LogP contribution < -0.4 is 16.0 Å². The molecule has 2 amide bonds. The summed E-state index contributed by atoms with van der Waals surface area (Å²) < 4.78 is 0. The largest absolute Gasteiger partial charge is 0.382 e. The number of amides is 2. The fourth-order valence-electron chi connectivity index (χ4n) is 3.34. The first-order valence-electron chi connectivity index (χ1n) is 9.52. The van der Waals surface area contributed by atoms with Gasteiger partial charge in [0.15, 0.2) is 0 Å². The fraction of sp³-hybridized carbons (Fsp3) is 0.381. The molecular formula is C21H26N4O2. The zero-order valence-corrected chi connectivity index (χ0v) is 15.6. The average molecular weight is 366 g/mol. The van der Waals surface area contributed by atoms with Gasteiger partial charge in [0.25, 0.3) is 5.91 Å². The summed E-state index contributed by atoms with van der Waals surface area (Å²) >= 11 is 0. The number of pyridine rings is 1. The van der Waals surface area contributed by atoms with E-state index in [0.29, 0.717) is 23.1 Å². The van der Waals surface area contributed by atoms with Crippen molar-refractivity contribution < 1.29 is 9.59 Å². The Kier molecular flexibility index (Phi) is 6.41. The second-order valence-electron chi connectivity index (χ2n) is 6.98. The fourth-order valence-corrected chi connectivity index (χ4v) is 3.34. The first-order chi connectivity index (χ1) is 13.1. The minimum Gasteiger partial charge on any atom is -0.382 e. The molecule has 0 aliphatic heterocycles. The molecule has 6 heteroatoms. The maximum absolute atomic E-state index is 12.5. The van der Waals surface area contributed by atoms with E-state index in [0.717, 1.165) is 5.69 Å². The van der Waals surface area contributed by atoms with Crippen LogP contribution in [0.3, 0.4) is 0 Å². The number of carbonyl (C=O) groups excluding carboxylic acids is 2. The van der Waals surface area contributed by atoms with Gasteiger partial charge in [0.2, 0.25) is 5.91 Å². The molecule has 1 aromatic heterocycles. The SMILES string of the molecule is CC(=O)Nc1ccc(NC(=O)c2cc(NC3CCCCCC3)ccn2)cc1. The molecule has 6 nitrogen and oxygen atoms in total. The van der Waals surface area contributed by atoms with Gasteiger partial charge in [-0.1, -0.05) is 25.7 Å². The van der Waals surface area contributed by atoms with E-state index in [4.69, 9.17) is 0 Å². The van der Waals surface area contributed by atoms with Crippen molar-refractivity contribution in [1.29, 1.82) is 0 Å². The molecule has 3 rings (SSSR count). The van der Waals surface area contributed by atoms with E-state index in [2.05, 4.69) is 20.9 Å². The summed E-state index contributed by atoms with van der Waals surface area (Å²) in [5, 5.41) is 9.08. The summed E-state index contributed by atoms with van der Waals surface area (Å²) in [4.78, 5) is 27.8. The Morgan fingerprint density at radius 2 is 1.52 bits per heavy atom. The molecule has 1 saturated carbocycles. The Bertz CT molecular complexity index is 781. The number of benzene rings is 1. The number of rotatable bonds is 5. The lowest BCUT2D eigenvalue weighted by atomic mass is 10.1. The van der Waals surface area contributed by atoms with Gasteiger partial charge in [-0.3, -0.25) is 14.6 Å². The molecule has 1 heterocycles. The monoisotopic (exact) mass is 366 g/mol. The Morgan fingerprint density at radius 3 is 2.15 bits per heavy atom. The maximum Gasteiger partial charge on any atom is 0.274 e. The van der Waals surface area contributed by atoms with Crippen molar-refractivity contribution in [2.75, 3.05) is 16.0 Å². The van der Waals surface area contributed by atoms with Crippen LogP contribution in [-0.2, 0) is 4.79 Å². The van der Waals surface area contributed by atoms with Crippen LogP contribution in [0, 0.1) is 0 Å². The number of hydrogen-bond donors (Lipinski definition) is 3. The number of carbonyl (C=O) groups is 2. The van der Waals surface area contributed by atoms with Crippen LogP contribution in [0.4, 0.5) is 17.1 Å². The summed E-state index contributed by atoms with van der Waals surface area (Å²) in [5.41, 5.74) is 2.65. The number of hydrogen-bond acceptors (Lipinski definition) is 4. The number of nitrogens with zero attached hydrogens (tertiary/aromatic N) is 1. The third-order valence-corrected chi connectivity index (χ3v) is 4.68. The lowest BCUT2D eigenvalue weighted by Gasteiger charge is -2.18. The summed E-state index contributed by atoms with van der Waals surface area (Å²) in [6.45, 7) is 1.46. The van der Waals surface area contributed by atoms with E-state index >= 15 is 0 Å². The van der Waals surface area contributed by atoms with Gasteiger partial charge in [-0.2, -0.15) is 0 Å². The van der Waals surface area contributed by atoms with Crippen LogP contribution in [-0.4, -0.2) is 22.8 Å². The maximum atomic E-state index is 12.5. The average Bonchev–Trinajstić information content (AvgIpc) is 2.92. The third kappa shape index (κ3) is 5.81. The van der Waals surface area contributed by atoms with Crippen molar-refractivity contribution in [3.8, 4) is 0 Å². The highest BCUT2D eigenvalue weighted by molar-refractivity contribution is 6.03. The van der Waals surface area contributed by atoms with Crippen molar-refractivity contribution in [2.45, 2.75) is 51.5 Å². The van der Waals surface area contributed by atoms with Gasteiger partial charge < -0.3 is 16.0 Å². The quantitative estimate of drug-likeness (QED) is 0.684. The molecule has 0 spiro atoms. The Hall–Kier alpha value is -2.89. The number of anilines is 3. The van der Waals surface area contributed by atoms with Gasteiger partial charge in [0, 0.05) is 36.2 Å². The van der Waals surface area contributed by atoms with Crippen molar-refractivity contribution in [1.82, 2.24) is 4.98 Å². The molecule has 0 atom stereocenters. The molecule has 0 unspecified atom stereocenters. The van der Waals surface area contributed by atoms with Crippen LogP contribution in [0.25, 0.3) is 0 Å². The van der Waals surface area contributed by atoms with E-state index in [1.165, 1.54) is 45.4 Å². The molecule has 1 aliphatic carbocycles. The molecule has 3 N–H and O–H groups in total. The predicted molar refractivity (Wildman–Crippen MR) is 108 cm³/mol. The minimum absolute atomic E-state index is 0.131. The smallest absolute Gasteiger partial charge is 0.274 e. The van der Waals surface area contributed by atoms with E-state index in [-0.39, 0.29) is 11.8 Å². The van der Waals surface area contributed by atoms with Crippen molar-refractivity contribution in [3.63, 3.8) is 0 Å². The van der Waals surface area contributed by atoms with Gasteiger partial charge in [-0.05, 0) is 49.2 Å². The Balaban J connectivity index is 1.61. The molecule has 2 aromatic rings. The van der Waals surface area contributed by atoms with Crippen LogP contribution >= 0.6 is 0 Å². The number of aromatic nitrogens is 1. The van der Waals surface area contributed by atoms with E-state index in [9.17, 15) is 9.59 Å². The lowest BCUT2D eigenvalue weighted by molar-refractivity contribution is -0.114. The summed E-state index contributed by atoms with van der Waals surface area (Å²) in [5.74, 6) is -0.388. The summed E-state index contributed by atoms with van der Waals surface area (Å²) in [6.07, 6.45) is 9.13. The van der Waals surface area contributed by atoms with Crippen LogP contribution in [0.15, 0.2) is 42.6 Å². The van der Waals surface area contributed by atoms with Crippen molar-refractivity contribution >= 4 is 28.9 Å². The zero-order valence-electron chi connectivity index (χ0n) is 15.6. The van der Waals surface area contributed by atoms with Crippen LogP contribution in [0.5, 0.6) is 0 Å². The highest BCUT2D eigenvalue weighted by Crippen LogP contribution is 2.21. The second-order valence-corrected chi connectivity index (χ2v) is 6.98. The normalized spacial score (nSPS) is 14.9. The van der Waals surface area contributed by atoms with E-state index in [1.54, 1.807) is 36.5 Å². The Labute approximate surface area is 159 Å². The van der Waals surface area contributed by atoms with Gasteiger partial charge in [-0.15, -0.1) is 0 Å². The highest BCUT2D eigenvalue weighted by Gasteiger charge is 2.14. The summed E-state index contributed by atoms with van der Waals surface area (Å²) in [6, 6.07) is 11.2. The van der Waals surface area contributed by atoms with Crippen LogP contribution in [0.1, 0.15) is 55.9 Å². The third-order valence-electron chi connectivity index (χ3n) is 4.68. The van der Waals surface area contributed by atoms with E-state index in [1.807, 2.05) is 6.07 Å².